The minimum absolute atomic E-state index is 0.180. The molecule has 0 aliphatic carbocycles. The van der Waals surface area contributed by atoms with Crippen molar-refractivity contribution in [2.75, 3.05) is 13.1 Å². The normalized spacial score (nSPS) is 24.5. The standard InChI is InChI=1S/C12H20N2O/c1-2-10(15)9-14-8-4-6-12(14)11-5-3-7-13-11/h3,5,7,10,12-13,15H,2,4,6,8-9H2,1H3. The van der Waals surface area contributed by atoms with Crippen LogP contribution in [0.1, 0.15) is 37.9 Å². The van der Waals surface area contributed by atoms with E-state index in [0.717, 1.165) is 19.5 Å². The Hall–Kier alpha value is -0.800. The summed E-state index contributed by atoms with van der Waals surface area (Å²) < 4.78 is 0. The van der Waals surface area contributed by atoms with Crippen LogP contribution in [0, 0.1) is 0 Å². The van der Waals surface area contributed by atoms with Crippen LogP contribution in [-0.4, -0.2) is 34.2 Å². The molecule has 1 aliphatic rings. The van der Waals surface area contributed by atoms with Gasteiger partial charge in [-0.25, -0.2) is 0 Å². The Morgan fingerprint density at radius 1 is 1.67 bits per heavy atom. The van der Waals surface area contributed by atoms with Crippen molar-refractivity contribution in [2.45, 2.75) is 38.3 Å². The lowest BCUT2D eigenvalue weighted by molar-refractivity contribution is 0.102. The topological polar surface area (TPSA) is 39.3 Å². The second-order valence-electron chi connectivity index (χ2n) is 4.34. The van der Waals surface area contributed by atoms with E-state index in [1.807, 2.05) is 19.2 Å². The van der Waals surface area contributed by atoms with Crippen LogP contribution in [0.2, 0.25) is 0 Å². The average molecular weight is 208 g/mol. The maximum Gasteiger partial charge on any atom is 0.0664 e. The minimum atomic E-state index is -0.180. The van der Waals surface area contributed by atoms with Crippen molar-refractivity contribution in [1.29, 1.82) is 0 Å². The van der Waals surface area contributed by atoms with Gasteiger partial charge in [-0.1, -0.05) is 6.92 Å². The van der Waals surface area contributed by atoms with Gasteiger partial charge in [0.2, 0.25) is 0 Å². The maximum absolute atomic E-state index is 9.68. The molecular formula is C12H20N2O. The molecule has 1 aromatic rings. The van der Waals surface area contributed by atoms with Gasteiger partial charge in [0.1, 0.15) is 0 Å². The van der Waals surface area contributed by atoms with Gasteiger partial charge in [-0.05, 0) is 37.9 Å². The first-order chi connectivity index (χ1) is 7.31. The van der Waals surface area contributed by atoms with Crippen LogP contribution in [0.25, 0.3) is 0 Å². The number of aromatic amines is 1. The smallest absolute Gasteiger partial charge is 0.0664 e. The van der Waals surface area contributed by atoms with Gasteiger partial charge in [0.25, 0.3) is 0 Å². The van der Waals surface area contributed by atoms with Crippen LogP contribution < -0.4 is 0 Å². The van der Waals surface area contributed by atoms with Gasteiger partial charge in [-0.2, -0.15) is 0 Å². The van der Waals surface area contributed by atoms with E-state index in [-0.39, 0.29) is 6.10 Å². The van der Waals surface area contributed by atoms with Gasteiger partial charge in [0.15, 0.2) is 0 Å². The van der Waals surface area contributed by atoms with E-state index in [1.54, 1.807) is 0 Å². The van der Waals surface area contributed by atoms with Crippen molar-refractivity contribution in [1.82, 2.24) is 9.88 Å². The highest BCUT2D eigenvalue weighted by atomic mass is 16.3. The molecule has 3 heteroatoms. The predicted molar refractivity (Wildman–Crippen MR) is 60.6 cm³/mol. The lowest BCUT2D eigenvalue weighted by Crippen LogP contribution is -2.31. The second kappa shape index (κ2) is 4.81. The molecule has 0 amide bonds. The Labute approximate surface area is 91.1 Å². The molecule has 1 fully saturated rings. The minimum Gasteiger partial charge on any atom is -0.392 e. The van der Waals surface area contributed by atoms with E-state index in [4.69, 9.17) is 0 Å². The SMILES string of the molecule is CCC(O)CN1CCCC1c1ccc[nH]1. The lowest BCUT2D eigenvalue weighted by atomic mass is 10.1. The summed E-state index contributed by atoms with van der Waals surface area (Å²) in [5.41, 5.74) is 1.29. The Morgan fingerprint density at radius 2 is 2.53 bits per heavy atom. The number of aliphatic hydroxyl groups excluding tert-OH is 1. The van der Waals surface area contributed by atoms with Gasteiger partial charge in [0, 0.05) is 24.5 Å². The Bertz CT molecular complexity index is 284. The summed E-state index contributed by atoms with van der Waals surface area (Å²) >= 11 is 0. The molecule has 2 unspecified atom stereocenters. The van der Waals surface area contributed by atoms with E-state index < -0.39 is 0 Å². The third-order valence-corrected chi connectivity index (χ3v) is 3.26. The Morgan fingerprint density at radius 3 is 3.20 bits per heavy atom. The fraction of sp³-hybridized carbons (Fsp3) is 0.667. The molecule has 3 nitrogen and oxygen atoms in total. The molecule has 2 heterocycles. The number of β-amino-alcohol motifs (C(OH)–C–C–N with tert-alkyl or cyclic N) is 1. The number of aliphatic hydroxyl groups is 1. The number of nitrogens with zero attached hydrogens (tertiary/aromatic N) is 1. The molecule has 84 valence electrons. The van der Waals surface area contributed by atoms with Gasteiger partial charge in [-0.3, -0.25) is 4.90 Å². The van der Waals surface area contributed by atoms with Gasteiger partial charge in [-0.15, -0.1) is 0 Å². The fourth-order valence-corrected chi connectivity index (χ4v) is 2.35. The Kier molecular flexibility index (Phi) is 3.44. The summed E-state index contributed by atoms with van der Waals surface area (Å²) in [5, 5.41) is 9.68. The summed E-state index contributed by atoms with van der Waals surface area (Å²) in [6, 6.07) is 4.67. The van der Waals surface area contributed by atoms with Crippen molar-refractivity contribution in [3.8, 4) is 0 Å². The zero-order valence-corrected chi connectivity index (χ0v) is 9.32. The van der Waals surface area contributed by atoms with E-state index in [0.29, 0.717) is 6.04 Å². The highest BCUT2D eigenvalue weighted by molar-refractivity contribution is 5.10. The number of likely N-dealkylation sites (tertiary alicyclic amines) is 1. The maximum atomic E-state index is 9.68. The largest absolute Gasteiger partial charge is 0.392 e. The van der Waals surface area contributed by atoms with Crippen LogP contribution >= 0.6 is 0 Å². The van der Waals surface area contributed by atoms with E-state index in [1.165, 1.54) is 18.5 Å². The molecule has 1 saturated heterocycles. The summed E-state index contributed by atoms with van der Waals surface area (Å²) in [4.78, 5) is 5.67. The van der Waals surface area contributed by atoms with Crippen LogP contribution in [0.4, 0.5) is 0 Å². The first-order valence-electron chi connectivity index (χ1n) is 5.86. The fourth-order valence-electron chi connectivity index (χ4n) is 2.35. The molecule has 0 spiro atoms. The summed E-state index contributed by atoms with van der Waals surface area (Å²) in [5.74, 6) is 0. The van der Waals surface area contributed by atoms with Gasteiger partial charge < -0.3 is 10.1 Å². The van der Waals surface area contributed by atoms with Gasteiger partial charge in [0.05, 0.1) is 6.10 Å². The zero-order chi connectivity index (χ0) is 10.7. The van der Waals surface area contributed by atoms with E-state index in [2.05, 4.69) is 16.0 Å². The lowest BCUT2D eigenvalue weighted by Gasteiger charge is -2.25. The molecule has 0 radical (unpaired) electrons. The number of aromatic nitrogens is 1. The molecule has 2 rings (SSSR count). The second-order valence-corrected chi connectivity index (χ2v) is 4.34. The number of rotatable bonds is 4. The summed E-state index contributed by atoms with van der Waals surface area (Å²) in [7, 11) is 0. The van der Waals surface area contributed by atoms with Crippen molar-refractivity contribution in [3.05, 3.63) is 24.0 Å². The molecule has 0 bridgehead atoms. The molecular weight excluding hydrogens is 188 g/mol. The molecule has 2 N–H and O–H groups in total. The average Bonchev–Trinajstić information content (AvgIpc) is 2.86. The number of hydrogen-bond donors (Lipinski definition) is 2. The highest BCUT2D eigenvalue weighted by Gasteiger charge is 2.27. The Balaban J connectivity index is 1.99. The van der Waals surface area contributed by atoms with Crippen molar-refractivity contribution in [3.63, 3.8) is 0 Å². The van der Waals surface area contributed by atoms with Gasteiger partial charge >= 0.3 is 0 Å². The van der Waals surface area contributed by atoms with Crippen LogP contribution in [-0.2, 0) is 0 Å². The molecule has 0 aromatic carbocycles. The molecule has 1 aliphatic heterocycles. The number of H-pyrrole nitrogens is 1. The first-order valence-corrected chi connectivity index (χ1v) is 5.86. The van der Waals surface area contributed by atoms with E-state index in [9.17, 15) is 5.11 Å². The van der Waals surface area contributed by atoms with Crippen LogP contribution in [0.3, 0.4) is 0 Å². The van der Waals surface area contributed by atoms with Crippen molar-refractivity contribution < 1.29 is 5.11 Å². The summed E-state index contributed by atoms with van der Waals surface area (Å²) in [6.45, 7) is 3.95. The van der Waals surface area contributed by atoms with Crippen molar-refractivity contribution >= 4 is 0 Å². The molecule has 0 saturated carbocycles. The quantitative estimate of drug-likeness (QED) is 0.793. The number of nitrogens with one attached hydrogen (secondary N) is 1. The third kappa shape index (κ3) is 2.41. The highest BCUT2D eigenvalue weighted by Crippen LogP contribution is 2.30. The van der Waals surface area contributed by atoms with E-state index >= 15 is 0 Å². The van der Waals surface area contributed by atoms with Crippen molar-refractivity contribution in [2.24, 2.45) is 0 Å². The molecule has 1 aromatic heterocycles. The third-order valence-electron chi connectivity index (χ3n) is 3.26. The zero-order valence-electron chi connectivity index (χ0n) is 9.32. The first kappa shape index (κ1) is 10.7. The summed E-state index contributed by atoms with van der Waals surface area (Å²) in [6.07, 6.45) is 5.08. The molecule has 15 heavy (non-hydrogen) atoms. The molecule has 2 atom stereocenters. The monoisotopic (exact) mass is 208 g/mol. The number of hydrogen-bond acceptors (Lipinski definition) is 2. The van der Waals surface area contributed by atoms with Crippen LogP contribution in [0.15, 0.2) is 18.3 Å². The van der Waals surface area contributed by atoms with Crippen LogP contribution in [0.5, 0.6) is 0 Å². The predicted octanol–water partition coefficient (Wildman–Crippen LogP) is 1.92.